The summed E-state index contributed by atoms with van der Waals surface area (Å²) in [7, 11) is 0. The summed E-state index contributed by atoms with van der Waals surface area (Å²) in [4.78, 5) is 16.4. The van der Waals surface area contributed by atoms with E-state index in [-0.39, 0.29) is 5.78 Å². The van der Waals surface area contributed by atoms with E-state index in [9.17, 15) is 4.79 Å². The summed E-state index contributed by atoms with van der Waals surface area (Å²) in [6.07, 6.45) is 0.921. The first-order valence-corrected chi connectivity index (χ1v) is 4.15. The van der Waals surface area contributed by atoms with Gasteiger partial charge in [-0.3, -0.25) is 4.79 Å². The highest BCUT2D eigenvalue weighted by atomic mass is 16.1. The van der Waals surface area contributed by atoms with Crippen LogP contribution in [0.25, 0.3) is 20.9 Å². The van der Waals surface area contributed by atoms with Crippen LogP contribution in [-0.4, -0.2) is 17.9 Å². The molecule has 0 aliphatic heterocycles. The summed E-state index contributed by atoms with van der Waals surface area (Å²) in [6.45, 7) is 3.26. The molecular formula is C7H12N6O. The van der Waals surface area contributed by atoms with Gasteiger partial charge in [-0.15, -0.1) is 0 Å². The van der Waals surface area contributed by atoms with Gasteiger partial charge in [0.25, 0.3) is 0 Å². The molecule has 1 atom stereocenters. The zero-order valence-electron chi connectivity index (χ0n) is 8.21. The van der Waals surface area contributed by atoms with E-state index in [1.54, 1.807) is 6.92 Å². The third-order valence-electron chi connectivity index (χ3n) is 2.01. The second-order valence-corrected chi connectivity index (χ2v) is 3.08. The number of carbonyl (C=O) groups excluding carboxylic acids is 1. The number of nitrogens with zero attached hydrogens (tertiary/aromatic N) is 6. The molecule has 0 aliphatic rings. The van der Waals surface area contributed by atoms with Gasteiger partial charge in [-0.05, 0) is 37.8 Å². The predicted octanol–water partition coefficient (Wildman–Crippen LogP) is 2.73. The molecule has 0 bridgehead atoms. The van der Waals surface area contributed by atoms with Gasteiger partial charge in [-0.1, -0.05) is 10.2 Å². The molecule has 0 aliphatic carbocycles. The van der Waals surface area contributed by atoms with E-state index in [1.165, 1.54) is 6.92 Å². The normalized spacial score (nSPS) is 13.3. The lowest BCUT2D eigenvalue weighted by Gasteiger charge is -2.19. The predicted molar refractivity (Wildman–Crippen MR) is 51.5 cm³/mol. The average molecular weight is 196 g/mol. The van der Waals surface area contributed by atoms with Crippen molar-refractivity contribution in [1.82, 2.24) is 0 Å². The van der Waals surface area contributed by atoms with Crippen LogP contribution in [0.3, 0.4) is 0 Å². The summed E-state index contributed by atoms with van der Waals surface area (Å²) >= 11 is 0. The number of hydrogen-bond acceptors (Lipinski definition) is 3. The van der Waals surface area contributed by atoms with E-state index < -0.39 is 5.54 Å². The third-order valence-corrected chi connectivity index (χ3v) is 2.01. The van der Waals surface area contributed by atoms with Crippen molar-refractivity contribution >= 4 is 5.78 Å². The molecule has 1 unspecified atom stereocenters. The molecule has 7 heteroatoms. The van der Waals surface area contributed by atoms with Gasteiger partial charge in [0.05, 0.1) is 0 Å². The Morgan fingerprint density at radius 3 is 2.50 bits per heavy atom. The highest BCUT2D eigenvalue weighted by Gasteiger charge is 2.27. The monoisotopic (exact) mass is 196 g/mol. The summed E-state index contributed by atoms with van der Waals surface area (Å²) in [5.41, 5.74) is 15.3. The van der Waals surface area contributed by atoms with Crippen LogP contribution in [0.5, 0.6) is 0 Å². The van der Waals surface area contributed by atoms with Crippen LogP contribution in [0, 0.1) is 0 Å². The first-order chi connectivity index (χ1) is 6.56. The molecule has 14 heavy (non-hydrogen) atoms. The second-order valence-electron chi connectivity index (χ2n) is 3.08. The topological polar surface area (TPSA) is 115 Å². The minimum Gasteiger partial charge on any atom is -0.299 e. The van der Waals surface area contributed by atoms with Crippen LogP contribution in [0.2, 0.25) is 0 Å². The lowest BCUT2D eigenvalue weighted by Crippen LogP contribution is -2.30. The molecule has 0 amide bonds. The Balaban J connectivity index is 4.31. The SMILES string of the molecule is CC(=O)C(C)(CCCN=[N+]=[N-])N=[N+]=[N-]. The number of azide groups is 2. The summed E-state index contributed by atoms with van der Waals surface area (Å²) in [5.74, 6) is -0.184. The molecule has 0 heterocycles. The van der Waals surface area contributed by atoms with Crippen LogP contribution >= 0.6 is 0 Å². The third kappa shape index (κ3) is 3.80. The Bertz CT molecular complexity index is 297. The Morgan fingerprint density at radius 2 is 2.07 bits per heavy atom. The molecule has 0 saturated carbocycles. The van der Waals surface area contributed by atoms with E-state index in [4.69, 9.17) is 11.1 Å². The standard InChI is InChI=1S/C7H12N6O/c1-6(14)7(2,11-13-9)4-3-5-10-12-8/h3-5H2,1-2H3. The minimum absolute atomic E-state index is 0.184. The first-order valence-electron chi connectivity index (χ1n) is 4.15. The first kappa shape index (κ1) is 12.3. The maximum Gasteiger partial charge on any atom is 0.141 e. The second kappa shape index (κ2) is 5.85. The van der Waals surface area contributed by atoms with E-state index in [0.29, 0.717) is 19.4 Å². The molecule has 0 rings (SSSR count). The van der Waals surface area contributed by atoms with Gasteiger partial charge in [0, 0.05) is 16.4 Å². The van der Waals surface area contributed by atoms with Crippen LogP contribution in [0.4, 0.5) is 0 Å². The molecule has 0 spiro atoms. The van der Waals surface area contributed by atoms with Gasteiger partial charge in [0.15, 0.2) is 0 Å². The Morgan fingerprint density at radius 1 is 1.43 bits per heavy atom. The van der Waals surface area contributed by atoms with E-state index in [1.807, 2.05) is 0 Å². The van der Waals surface area contributed by atoms with Crippen molar-refractivity contribution in [2.45, 2.75) is 32.2 Å². The van der Waals surface area contributed by atoms with Gasteiger partial charge in [-0.2, -0.15) is 0 Å². The Labute approximate surface area is 81.4 Å². The molecule has 0 saturated heterocycles. The van der Waals surface area contributed by atoms with Crippen molar-refractivity contribution in [2.24, 2.45) is 10.2 Å². The number of hydrogen-bond donors (Lipinski definition) is 0. The van der Waals surface area contributed by atoms with Gasteiger partial charge < -0.3 is 0 Å². The molecular weight excluding hydrogens is 184 g/mol. The summed E-state index contributed by atoms with van der Waals surface area (Å²) < 4.78 is 0. The van der Waals surface area contributed by atoms with Crippen LogP contribution in [0.1, 0.15) is 26.7 Å². The highest BCUT2D eigenvalue weighted by Crippen LogP contribution is 2.19. The van der Waals surface area contributed by atoms with Crippen molar-refractivity contribution in [1.29, 1.82) is 0 Å². The Hall–Kier alpha value is -1.71. The highest BCUT2D eigenvalue weighted by molar-refractivity contribution is 5.85. The molecule has 0 aromatic rings. The lowest BCUT2D eigenvalue weighted by molar-refractivity contribution is -0.121. The number of carbonyl (C=O) groups is 1. The number of Topliss-reactive ketones (excluding diaryl/α,β-unsaturated/α-hetero) is 1. The molecule has 76 valence electrons. The molecule has 0 fully saturated rings. The van der Waals surface area contributed by atoms with E-state index in [0.717, 1.165) is 0 Å². The van der Waals surface area contributed by atoms with Crippen molar-refractivity contribution in [3.05, 3.63) is 20.9 Å². The molecule has 0 N–H and O–H groups in total. The van der Waals surface area contributed by atoms with Gasteiger partial charge in [-0.25, -0.2) is 0 Å². The quantitative estimate of drug-likeness (QED) is 0.276. The van der Waals surface area contributed by atoms with Crippen LogP contribution in [0.15, 0.2) is 10.2 Å². The van der Waals surface area contributed by atoms with E-state index >= 15 is 0 Å². The van der Waals surface area contributed by atoms with Crippen molar-refractivity contribution in [3.8, 4) is 0 Å². The number of ketones is 1. The van der Waals surface area contributed by atoms with Crippen molar-refractivity contribution in [3.63, 3.8) is 0 Å². The Kier molecular flexibility index (Phi) is 5.14. The fraction of sp³-hybridized carbons (Fsp3) is 0.857. The minimum atomic E-state index is -1.01. The molecule has 0 radical (unpaired) electrons. The van der Waals surface area contributed by atoms with Gasteiger partial charge in [0.1, 0.15) is 11.3 Å². The molecule has 0 aromatic carbocycles. The molecule has 0 aromatic heterocycles. The van der Waals surface area contributed by atoms with Crippen molar-refractivity contribution < 1.29 is 4.79 Å². The number of rotatable bonds is 6. The largest absolute Gasteiger partial charge is 0.299 e. The lowest BCUT2D eigenvalue weighted by atomic mass is 9.93. The van der Waals surface area contributed by atoms with Gasteiger partial charge >= 0.3 is 0 Å². The van der Waals surface area contributed by atoms with Crippen LogP contribution in [-0.2, 0) is 4.79 Å². The van der Waals surface area contributed by atoms with Crippen LogP contribution < -0.4 is 0 Å². The summed E-state index contributed by atoms with van der Waals surface area (Å²) in [5, 5.41) is 6.78. The zero-order valence-corrected chi connectivity index (χ0v) is 8.21. The maximum atomic E-state index is 11.2. The summed E-state index contributed by atoms with van der Waals surface area (Å²) in [6, 6.07) is 0. The smallest absolute Gasteiger partial charge is 0.141 e. The molecule has 7 nitrogen and oxygen atoms in total. The van der Waals surface area contributed by atoms with E-state index in [2.05, 4.69) is 20.1 Å². The average Bonchev–Trinajstić information content (AvgIpc) is 2.13. The maximum absolute atomic E-state index is 11.2. The fourth-order valence-electron chi connectivity index (χ4n) is 0.934. The zero-order chi connectivity index (χ0) is 11.0. The van der Waals surface area contributed by atoms with Gasteiger partial charge in [0.2, 0.25) is 0 Å². The van der Waals surface area contributed by atoms with Crippen molar-refractivity contribution in [2.75, 3.05) is 6.54 Å². The fourth-order valence-corrected chi connectivity index (χ4v) is 0.934.